The second-order valence-electron chi connectivity index (χ2n) is 6.66. The van der Waals surface area contributed by atoms with Gasteiger partial charge in [0.1, 0.15) is 5.75 Å². The van der Waals surface area contributed by atoms with E-state index in [-0.39, 0.29) is 0 Å². The maximum atomic E-state index is 5.75. The Hall–Kier alpha value is -1.06. The van der Waals surface area contributed by atoms with Crippen LogP contribution in [0.2, 0.25) is 0 Å². The lowest BCUT2D eigenvalue weighted by molar-refractivity contribution is 0.226. The van der Waals surface area contributed by atoms with Gasteiger partial charge in [0.25, 0.3) is 0 Å². The molecule has 1 heterocycles. The van der Waals surface area contributed by atoms with Crippen molar-refractivity contribution in [2.45, 2.75) is 45.7 Å². The molecular weight excluding hydrogens is 260 g/mol. The van der Waals surface area contributed by atoms with Crippen LogP contribution >= 0.6 is 0 Å². The molecule has 1 aliphatic rings. The Morgan fingerprint density at radius 1 is 1.29 bits per heavy atom. The molecule has 1 aromatic carbocycles. The van der Waals surface area contributed by atoms with Crippen molar-refractivity contribution in [3.63, 3.8) is 0 Å². The summed E-state index contributed by atoms with van der Waals surface area (Å²) in [6.45, 7) is 8.60. The molecule has 0 bridgehead atoms. The van der Waals surface area contributed by atoms with Crippen molar-refractivity contribution >= 4 is 0 Å². The number of hydrogen-bond donors (Lipinski definition) is 1. The largest absolute Gasteiger partial charge is 0.494 e. The fourth-order valence-electron chi connectivity index (χ4n) is 2.71. The first kappa shape index (κ1) is 16.3. The van der Waals surface area contributed by atoms with Crippen molar-refractivity contribution < 1.29 is 4.74 Å². The molecule has 1 N–H and O–H groups in total. The van der Waals surface area contributed by atoms with Gasteiger partial charge in [0.2, 0.25) is 0 Å². The summed E-state index contributed by atoms with van der Waals surface area (Å²) < 4.78 is 5.75. The molecule has 1 unspecified atom stereocenters. The van der Waals surface area contributed by atoms with Crippen molar-refractivity contribution in [3.05, 3.63) is 29.8 Å². The van der Waals surface area contributed by atoms with E-state index in [9.17, 15) is 0 Å². The second-order valence-corrected chi connectivity index (χ2v) is 6.66. The van der Waals surface area contributed by atoms with Crippen molar-refractivity contribution in [2.75, 3.05) is 26.7 Å². The van der Waals surface area contributed by atoms with E-state index in [4.69, 9.17) is 4.74 Å². The van der Waals surface area contributed by atoms with Gasteiger partial charge < -0.3 is 15.0 Å². The van der Waals surface area contributed by atoms with Gasteiger partial charge in [-0.05, 0) is 56.5 Å². The molecule has 21 heavy (non-hydrogen) atoms. The SMILES string of the molecule is CC(C)CCOc1ccc(CNC2CCCN(C)C2)cc1. The topological polar surface area (TPSA) is 24.5 Å². The molecule has 1 saturated heterocycles. The molecule has 3 nitrogen and oxygen atoms in total. The highest BCUT2D eigenvalue weighted by Crippen LogP contribution is 2.14. The van der Waals surface area contributed by atoms with Crippen molar-refractivity contribution in [1.29, 1.82) is 0 Å². The van der Waals surface area contributed by atoms with Gasteiger partial charge in [-0.2, -0.15) is 0 Å². The van der Waals surface area contributed by atoms with Gasteiger partial charge >= 0.3 is 0 Å². The molecule has 118 valence electrons. The fourth-order valence-corrected chi connectivity index (χ4v) is 2.71. The number of nitrogens with one attached hydrogen (secondary N) is 1. The van der Waals surface area contributed by atoms with E-state index < -0.39 is 0 Å². The monoisotopic (exact) mass is 290 g/mol. The van der Waals surface area contributed by atoms with Crippen LogP contribution < -0.4 is 10.1 Å². The summed E-state index contributed by atoms with van der Waals surface area (Å²) in [5.41, 5.74) is 1.33. The Kier molecular flexibility index (Phi) is 6.52. The van der Waals surface area contributed by atoms with E-state index >= 15 is 0 Å². The van der Waals surface area contributed by atoms with Crippen molar-refractivity contribution in [1.82, 2.24) is 10.2 Å². The summed E-state index contributed by atoms with van der Waals surface area (Å²) in [5.74, 6) is 1.68. The third-order valence-electron chi connectivity index (χ3n) is 4.11. The molecule has 0 aliphatic carbocycles. The lowest BCUT2D eigenvalue weighted by Gasteiger charge is -2.30. The number of piperidine rings is 1. The second kappa shape index (κ2) is 8.40. The average Bonchev–Trinajstić information content (AvgIpc) is 2.46. The molecule has 1 atom stereocenters. The van der Waals surface area contributed by atoms with Gasteiger partial charge in [0.05, 0.1) is 6.61 Å². The maximum absolute atomic E-state index is 5.75. The Labute approximate surface area is 129 Å². The predicted molar refractivity (Wildman–Crippen MR) is 88.8 cm³/mol. The third-order valence-corrected chi connectivity index (χ3v) is 4.11. The van der Waals surface area contributed by atoms with Gasteiger partial charge in [0.15, 0.2) is 0 Å². The Bertz CT molecular complexity index is 402. The highest BCUT2D eigenvalue weighted by molar-refractivity contribution is 5.27. The van der Waals surface area contributed by atoms with E-state index in [1.807, 2.05) is 0 Å². The molecule has 1 fully saturated rings. The van der Waals surface area contributed by atoms with Gasteiger partial charge in [-0.3, -0.25) is 0 Å². The number of benzene rings is 1. The van der Waals surface area contributed by atoms with Crippen LogP contribution in [0.4, 0.5) is 0 Å². The first-order chi connectivity index (χ1) is 10.1. The quantitative estimate of drug-likeness (QED) is 0.834. The van der Waals surface area contributed by atoms with E-state index in [1.165, 1.54) is 24.9 Å². The summed E-state index contributed by atoms with van der Waals surface area (Å²) >= 11 is 0. The molecule has 0 aromatic heterocycles. The van der Waals surface area contributed by atoms with Crippen molar-refractivity contribution in [3.8, 4) is 5.75 Å². The van der Waals surface area contributed by atoms with E-state index in [0.29, 0.717) is 12.0 Å². The minimum Gasteiger partial charge on any atom is -0.494 e. The van der Waals surface area contributed by atoms with Crippen LogP contribution in [-0.4, -0.2) is 37.7 Å². The van der Waals surface area contributed by atoms with Gasteiger partial charge in [-0.1, -0.05) is 26.0 Å². The standard InChI is InChI=1S/C18H30N2O/c1-15(2)10-12-21-18-8-6-16(7-9-18)13-19-17-5-4-11-20(3)14-17/h6-9,15,17,19H,4-5,10-14H2,1-3H3. The third kappa shape index (κ3) is 6.06. The van der Waals surface area contributed by atoms with E-state index in [0.717, 1.165) is 31.9 Å². The van der Waals surface area contributed by atoms with Gasteiger partial charge in [-0.15, -0.1) is 0 Å². The van der Waals surface area contributed by atoms with Crippen LogP contribution in [0, 0.1) is 5.92 Å². The van der Waals surface area contributed by atoms with Crippen LogP contribution in [0.1, 0.15) is 38.7 Å². The van der Waals surface area contributed by atoms with Crippen LogP contribution in [-0.2, 0) is 6.54 Å². The molecule has 0 amide bonds. The number of likely N-dealkylation sites (tertiary alicyclic amines) is 1. The number of rotatable bonds is 7. The molecule has 0 saturated carbocycles. The summed E-state index contributed by atoms with van der Waals surface area (Å²) in [5, 5.41) is 3.66. The molecular formula is C18H30N2O. The number of nitrogens with zero attached hydrogens (tertiary/aromatic N) is 1. The van der Waals surface area contributed by atoms with Crippen molar-refractivity contribution in [2.24, 2.45) is 5.92 Å². The van der Waals surface area contributed by atoms with E-state index in [2.05, 4.69) is 55.4 Å². The highest BCUT2D eigenvalue weighted by Gasteiger charge is 2.16. The lowest BCUT2D eigenvalue weighted by Crippen LogP contribution is -2.43. The minimum absolute atomic E-state index is 0.630. The first-order valence-corrected chi connectivity index (χ1v) is 8.27. The minimum atomic E-state index is 0.630. The maximum Gasteiger partial charge on any atom is 0.119 e. The molecule has 1 aliphatic heterocycles. The predicted octanol–water partition coefficient (Wildman–Crippen LogP) is 3.30. The van der Waals surface area contributed by atoms with Crippen LogP contribution in [0.25, 0.3) is 0 Å². The number of ether oxygens (including phenoxy) is 1. The Morgan fingerprint density at radius 2 is 2.05 bits per heavy atom. The molecule has 0 spiro atoms. The van der Waals surface area contributed by atoms with Gasteiger partial charge in [-0.25, -0.2) is 0 Å². The van der Waals surface area contributed by atoms with Crippen LogP contribution in [0.5, 0.6) is 5.75 Å². The first-order valence-electron chi connectivity index (χ1n) is 8.27. The molecule has 3 heteroatoms. The smallest absolute Gasteiger partial charge is 0.119 e. The Balaban J connectivity index is 1.71. The molecule has 2 rings (SSSR count). The lowest BCUT2D eigenvalue weighted by atomic mass is 10.1. The summed E-state index contributed by atoms with van der Waals surface area (Å²) in [6, 6.07) is 9.15. The highest BCUT2D eigenvalue weighted by atomic mass is 16.5. The van der Waals surface area contributed by atoms with E-state index in [1.54, 1.807) is 0 Å². The zero-order valence-electron chi connectivity index (χ0n) is 13.8. The zero-order valence-corrected chi connectivity index (χ0v) is 13.8. The van der Waals surface area contributed by atoms with Crippen LogP contribution in [0.15, 0.2) is 24.3 Å². The summed E-state index contributed by atoms with van der Waals surface area (Å²) in [6.07, 6.45) is 3.70. The summed E-state index contributed by atoms with van der Waals surface area (Å²) in [7, 11) is 2.21. The average molecular weight is 290 g/mol. The molecule has 1 aromatic rings. The number of likely N-dealkylation sites (N-methyl/N-ethyl adjacent to an activating group) is 1. The summed E-state index contributed by atoms with van der Waals surface area (Å²) in [4.78, 5) is 2.41. The zero-order chi connectivity index (χ0) is 15.1. The fraction of sp³-hybridized carbons (Fsp3) is 0.667. The molecule has 0 radical (unpaired) electrons. The van der Waals surface area contributed by atoms with Gasteiger partial charge in [0, 0.05) is 19.1 Å². The Morgan fingerprint density at radius 3 is 2.71 bits per heavy atom. The van der Waals surface area contributed by atoms with Crippen LogP contribution in [0.3, 0.4) is 0 Å². The normalized spacial score (nSPS) is 19.9. The number of hydrogen-bond acceptors (Lipinski definition) is 3.